The normalized spacial score (nSPS) is 12.3. The van der Waals surface area contributed by atoms with Gasteiger partial charge in [-0.15, -0.1) is 0 Å². The number of aromatic nitrogens is 2. The molecule has 1 unspecified atom stereocenters. The molecule has 5 nitrogen and oxygen atoms in total. The van der Waals surface area contributed by atoms with Crippen molar-refractivity contribution in [2.75, 3.05) is 5.32 Å². The molecule has 7 heteroatoms. The minimum absolute atomic E-state index is 0.150. The number of nitrogens with one attached hydrogen (secondary N) is 1. The molecule has 0 bridgehead atoms. The monoisotopic (exact) mass is 341 g/mol. The van der Waals surface area contributed by atoms with Gasteiger partial charge in [-0.25, -0.2) is 4.68 Å². The molecule has 0 spiro atoms. The molecule has 1 atom stereocenters. The van der Waals surface area contributed by atoms with Crippen molar-refractivity contribution in [2.24, 2.45) is 0 Å². The molecule has 0 aliphatic heterocycles. The van der Waals surface area contributed by atoms with Crippen LogP contribution >= 0.6 is 23.2 Å². The molecule has 0 aliphatic carbocycles. The van der Waals surface area contributed by atoms with Crippen molar-refractivity contribution in [3.8, 4) is 5.75 Å². The lowest BCUT2D eigenvalue weighted by Gasteiger charge is -2.16. The molecule has 2 aromatic rings. The number of amides is 1. The van der Waals surface area contributed by atoms with Gasteiger partial charge >= 0.3 is 0 Å². The smallest absolute Gasteiger partial charge is 0.266 e. The van der Waals surface area contributed by atoms with Gasteiger partial charge in [-0.05, 0) is 32.9 Å². The van der Waals surface area contributed by atoms with Crippen molar-refractivity contribution >= 4 is 34.9 Å². The Morgan fingerprint density at radius 2 is 1.95 bits per heavy atom. The molecule has 118 valence electrons. The first kappa shape index (κ1) is 16.6. The third-order valence-electron chi connectivity index (χ3n) is 2.98. The predicted molar refractivity (Wildman–Crippen MR) is 87.8 cm³/mol. The number of anilines is 1. The second kappa shape index (κ2) is 7.03. The topological polar surface area (TPSA) is 56.1 Å². The summed E-state index contributed by atoms with van der Waals surface area (Å²) in [7, 11) is 0. The fourth-order valence-electron chi connectivity index (χ4n) is 1.86. The van der Waals surface area contributed by atoms with E-state index in [-0.39, 0.29) is 11.9 Å². The van der Waals surface area contributed by atoms with Crippen molar-refractivity contribution in [1.82, 2.24) is 9.78 Å². The van der Waals surface area contributed by atoms with Crippen LogP contribution in [0.4, 0.5) is 5.82 Å². The number of hydrogen-bond acceptors (Lipinski definition) is 3. The Balaban J connectivity index is 2.02. The van der Waals surface area contributed by atoms with E-state index < -0.39 is 6.10 Å². The summed E-state index contributed by atoms with van der Waals surface area (Å²) in [4.78, 5) is 12.2. The number of ether oxygens (including phenoxy) is 1. The van der Waals surface area contributed by atoms with E-state index in [0.717, 1.165) is 0 Å². The van der Waals surface area contributed by atoms with Crippen LogP contribution in [0.15, 0.2) is 30.5 Å². The van der Waals surface area contributed by atoms with Crippen LogP contribution in [0.1, 0.15) is 26.8 Å². The highest BCUT2D eigenvalue weighted by Crippen LogP contribution is 2.27. The summed E-state index contributed by atoms with van der Waals surface area (Å²) in [5.41, 5.74) is 0. The molecule has 0 fully saturated rings. The Morgan fingerprint density at radius 3 is 2.59 bits per heavy atom. The first-order chi connectivity index (χ1) is 10.4. The van der Waals surface area contributed by atoms with Crippen molar-refractivity contribution in [2.45, 2.75) is 32.9 Å². The Labute approximate surface area is 139 Å². The van der Waals surface area contributed by atoms with Crippen molar-refractivity contribution in [1.29, 1.82) is 0 Å². The van der Waals surface area contributed by atoms with Crippen molar-refractivity contribution in [3.63, 3.8) is 0 Å². The summed E-state index contributed by atoms with van der Waals surface area (Å²) in [6.45, 7) is 5.63. The second-order valence-corrected chi connectivity index (χ2v) is 5.89. The summed E-state index contributed by atoms with van der Waals surface area (Å²) in [6, 6.07) is 6.75. The number of halogens is 2. The zero-order valence-corrected chi connectivity index (χ0v) is 14.0. The molecular weight excluding hydrogens is 325 g/mol. The summed E-state index contributed by atoms with van der Waals surface area (Å²) >= 11 is 11.8. The number of rotatable bonds is 5. The van der Waals surface area contributed by atoms with Gasteiger partial charge in [0.15, 0.2) is 6.10 Å². The number of carbonyl (C=O) groups excluding carboxylic acids is 1. The maximum atomic E-state index is 12.2. The second-order valence-electron chi connectivity index (χ2n) is 5.08. The van der Waals surface area contributed by atoms with Gasteiger partial charge in [0.05, 0.1) is 16.2 Å². The molecule has 1 amide bonds. The third-order valence-corrected chi connectivity index (χ3v) is 3.72. The first-order valence-corrected chi connectivity index (χ1v) is 7.60. The maximum absolute atomic E-state index is 12.2. The Hall–Kier alpha value is -1.72. The Bertz CT molecular complexity index is 671. The number of nitrogens with zero attached hydrogens (tertiary/aromatic N) is 2. The fourth-order valence-corrected chi connectivity index (χ4v) is 2.15. The van der Waals surface area contributed by atoms with Gasteiger partial charge in [0.25, 0.3) is 5.91 Å². The van der Waals surface area contributed by atoms with E-state index in [4.69, 9.17) is 27.9 Å². The van der Waals surface area contributed by atoms with Gasteiger partial charge in [-0.3, -0.25) is 4.79 Å². The Kier molecular flexibility index (Phi) is 5.32. The van der Waals surface area contributed by atoms with Crippen LogP contribution in [0.2, 0.25) is 10.0 Å². The molecule has 0 saturated heterocycles. The molecule has 1 heterocycles. The van der Waals surface area contributed by atoms with E-state index >= 15 is 0 Å². The third kappa shape index (κ3) is 3.93. The van der Waals surface area contributed by atoms with E-state index in [1.807, 2.05) is 13.8 Å². The highest BCUT2D eigenvalue weighted by Gasteiger charge is 2.17. The number of hydrogen-bond donors (Lipinski definition) is 1. The lowest BCUT2D eigenvalue weighted by molar-refractivity contribution is -0.122. The zero-order chi connectivity index (χ0) is 16.3. The highest BCUT2D eigenvalue weighted by atomic mass is 35.5. The van der Waals surface area contributed by atoms with Gasteiger partial charge in [-0.2, -0.15) is 5.10 Å². The zero-order valence-electron chi connectivity index (χ0n) is 12.5. The van der Waals surface area contributed by atoms with Gasteiger partial charge in [0.2, 0.25) is 0 Å². The van der Waals surface area contributed by atoms with Gasteiger partial charge in [-0.1, -0.05) is 23.2 Å². The van der Waals surface area contributed by atoms with E-state index in [9.17, 15) is 4.79 Å². The minimum Gasteiger partial charge on any atom is -0.481 e. The number of benzene rings is 1. The van der Waals surface area contributed by atoms with Crippen LogP contribution in [0, 0.1) is 0 Å². The summed E-state index contributed by atoms with van der Waals surface area (Å²) in [5, 5.41) is 7.77. The molecule has 1 aromatic carbocycles. The molecule has 2 rings (SSSR count). The number of carbonyl (C=O) groups is 1. The summed E-state index contributed by atoms with van der Waals surface area (Å²) in [5.74, 6) is 0.840. The summed E-state index contributed by atoms with van der Waals surface area (Å²) in [6.07, 6.45) is 0.952. The van der Waals surface area contributed by atoms with E-state index in [1.54, 1.807) is 42.1 Å². The Morgan fingerprint density at radius 1 is 1.23 bits per heavy atom. The lowest BCUT2D eigenvalue weighted by Crippen LogP contribution is -2.31. The standard InChI is InChI=1S/C15H17Cl2N3O2/c1-9(2)20-14(6-7-18-20)19-15(21)10(3)22-11-4-5-12(16)13(17)8-11/h4-10H,1-3H3,(H,19,21). The van der Waals surface area contributed by atoms with Gasteiger partial charge in [0, 0.05) is 18.2 Å². The SMILES string of the molecule is CC(Oc1ccc(Cl)c(Cl)c1)C(=O)Nc1ccnn1C(C)C. The highest BCUT2D eigenvalue weighted by molar-refractivity contribution is 6.42. The molecule has 0 radical (unpaired) electrons. The maximum Gasteiger partial charge on any atom is 0.266 e. The lowest BCUT2D eigenvalue weighted by atomic mass is 10.3. The minimum atomic E-state index is -0.687. The molecular formula is C15H17Cl2N3O2. The molecule has 1 N–H and O–H groups in total. The van der Waals surface area contributed by atoms with Crippen LogP contribution in [0.3, 0.4) is 0 Å². The van der Waals surface area contributed by atoms with E-state index in [2.05, 4.69) is 10.4 Å². The van der Waals surface area contributed by atoms with Gasteiger partial charge in [0.1, 0.15) is 11.6 Å². The van der Waals surface area contributed by atoms with Crippen LogP contribution < -0.4 is 10.1 Å². The fraction of sp³-hybridized carbons (Fsp3) is 0.333. The first-order valence-electron chi connectivity index (χ1n) is 6.84. The molecule has 0 aliphatic rings. The van der Waals surface area contributed by atoms with Crippen molar-refractivity contribution < 1.29 is 9.53 Å². The summed E-state index contributed by atoms with van der Waals surface area (Å²) < 4.78 is 7.30. The van der Waals surface area contributed by atoms with Gasteiger partial charge < -0.3 is 10.1 Å². The average molecular weight is 342 g/mol. The average Bonchev–Trinajstić information content (AvgIpc) is 2.91. The van der Waals surface area contributed by atoms with Crippen LogP contribution in [-0.4, -0.2) is 21.8 Å². The molecule has 1 aromatic heterocycles. The molecule has 22 heavy (non-hydrogen) atoms. The van der Waals surface area contributed by atoms with E-state index in [0.29, 0.717) is 21.6 Å². The largest absolute Gasteiger partial charge is 0.481 e. The van der Waals surface area contributed by atoms with E-state index in [1.165, 1.54) is 0 Å². The predicted octanol–water partition coefficient (Wildman–Crippen LogP) is 4.18. The quantitative estimate of drug-likeness (QED) is 0.887. The van der Waals surface area contributed by atoms with Crippen LogP contribution in [0.5, 0.6) is 5.75 Å². The van der Waals surface area contributed by atoms with Crippen LogP contribution in [-0.2, 0) is 4.79 Å². The van der Waals surface area contributed by atoms with Crippen LogP contribution in [0.25, 0.3) is 0 Å². The van der Waals surface area contributed by atoms with Crippen molar-refractivity contribution in [3.05, 3.63) is 40.5 Å². The molecule has 0 saturated carbocycles.